The minimum atomic E-state index is -0.819. The molecule has 0 spiro atoms. The summed E-state index contributed by atoms with van der Waals surface area (Å²) in [4.78, 5) is 15.0. The Morgan fingerprint density at radius 2 is 2.26 bits per heavy atom. The predicted molar refractivity (Wildman–Crippen MR) is 73.8 cm³/mol. The van der Waals surface area contributed by atoms with Gasteiger partial charge < -0.3 is 15.2 Å². The second-order valence-corrected chi connectivity index (χ2v) is 4.24. The highest BCUT2D eigenvalue weighted by Crippen LogP contribution is 2.29. The van der Waals surface area contributed by atoms with E-state index in [2.05, 4.69) is 10.3 Å². The van der Waals surface area contributed by atoms with Gasteiger partial charge in [-0.05, 0) is 19.1 Å². The number of hydrogen-bond acceptors (Lipinski definition) is 4. The number of pyridine rings is 1. The number of ether oxygens (including phenoxy) is 1. The fourth-order valence-electron chi connectivity index (χ4n) is 1.97. The molecule has 2 aromatic rings. The van der Waals surface area contributed by atoms with E-state index in [4.69, 9.17) is 9.84 Å². The minimum Gasteiger partial charge on any atom is -0.494 e. The van der Waals surface area contributed by atoms with Crippen molar-refractivity contribution in [3.8, 4) is 5.75 Å². The molecule has 0 aliphatic heterocycles. The SMILES string of the molecule is COc1cccc2c(NCCC(=O)O)cc(C)nc12. The number of fused-ring (bicyclic) bond motifs is 1. The van der Waals surface area contributed by atoms with Crippen LogP contribution in [0.25, 0.3) is 10.9 Å². The van der Waals surface area contributed by atoms with Gasteiger partial charge in [-0.3, -0.25) is 4.79 Å². The Bertz CT molecular complexity index is 611. The highest BCUT2D eigenvalue weighted by molar-refractivity contribution is 5.95. The number of aromatic nitrogens is 1. The molecule has 0 saturated heterocycles. The van der Waals surface area contributed by atoms with Crippen LogP contribution in [0.5, 0.6) is 5.75 Å². The summed E-state index contributed by atoms with van der Waals surface area (Å²) in [7, 11) is 1.61. The largest absolute Gasteiger partial charge is 0.494 e. The van der Waals surface area contributed by atoms with Crippen molar-refractivity contribution in [2.75, 3.05) is 19.0 Å². The van der Waals surface area contributed by atoms with Gasteiger partial charge >= 0.3 is 5.97 Å². The molecule has 0 fully saturated rings. The molecule has 0 bridgehead atoms. The number of para-hydroxylation sites is 1. The van der Waals surface area contributed by atoms with Crippen molar-refractivity contribution in [1.29, 1.82) is 0 Å². The molecule has 19 heavy (non-hydrogen) atoms. The van der Waals surface area contributed by atoms with Crippen LogP contribution in [0.1, 0.15) is 12.1 Å². The molecule has 100 valence electrons. The van der Waals surface area contributed by atoms with Crippen LogP contribution in [0.15, 0.2) is 24.3 Å². The van der Waals surface area contributed by atoms with E-state index in [1.54, 1.807) is 7.11 Å². The number of anilines is 1. The van der Waals surface area contributed by atoms with Crippen molar-refractivity contribution in [3.05, 3.63) is 30.0 Å². The monoisotopic (exact) mass is 260 g/mol. The molecule has 5 nitrogen and oxygen atoms in total. The van der Waals surface area contributed by atoms with E-state index in [9.17, 15) is 4.79 Å². The lowest BCUT2D eigenvalue weighted by Gasteiger charge is -2.12. The summed E-state index contributed by atoms with van der Waals surface area (Å²) >= 11 is 0. The van der Waals surface area contributed by atoms with Crippen LogP contribution >= 0.6 is 0 Å². The number of carbonyl (C=O) groups is 1. The number of carboxylic acids is 1. The van der Waals surface area contributed by atoms with Crippen molar-refractivity contribution in [1.82, 2.24) is 4.98 Å². The molecule has 1 heterocycles. The number of rotatable bonds is 5. The number of carboxylic acid groups (broad SMARTS) is 1. The van der Waals surface area contributed by atoms with Gasteiger partial charge in [0.1, 0.15) is 11.3 Å². The van der Waals surface area contributed by atoms with Gasteiger partial charge in [0, 0.05) is 23.3 Å². The zero-order chi connectivity index (χ0) is 13.8. The van der Waals surface area contributed by atoms with Gasteiger partial charge in [0.05, 0.1) is 13.5 Å². The highest BCUT2D eigenvalue weighted by Gasteiger charge is 2.08. The molecule has 2 N–H and O–H groups in total. The van der Waals surface area contributed by atoms with Crippen LogP contribution in [0, 0.1) is 6.92 Å². The molecule has 1 aromatic carbocycles. The Balaban J connectivity index is 2.40. The molecule has 0 radical (unpaired) electrons. The fourth-order valence-corrected chi connectivity index (χ4v) is 1.97. The highest BCUT2D eigenvalue weighted by atomic mass is 16.5. The lowest BCUT2D eigenvalue weighted by molar-refractivity contribution is -0.136. The second kappa shape index (κ2) is 5.56. The first-order chi connectivity index (χ1) is 9.11. The fraction of sp³-hybridized carbons (Fsp3) is 0.286. The second-order valence-electron chi connectivity index (χ2n) is 4.24. The van der Waals surface area contributed by atoms with Crippen LogP contribution in [0.2, 0.25) is 0 Å². The topological polar surface area (TPSA) is 71.5 Å². The van der Waals surface area contributed by atoms with Gasteiger partial charge in [0.25, 0.3) is 0 Å². The van der Waals surface area contributed by atoms with Crippen molar-refractivity contribution in [2.24, 2.45) is 0 Å². The van der Waals surface area contributed by atoms with Gasteiger partial charge in [-0.25, -0.2) is 4.98 Å². The zero-order valence-electron chi connectivity index (χ0n) is 10.9. The lowest BCUT2D eigenvalue weighted by atomic mass is 10.1. The number of methoxy groups -OCH3 is 1. The number of hydrogen-bond donors (Lipinski definition) is 2. The first kappa shape index (κ1) is 13.1. The Morgan fingerprint density at radius 3 is 2.95 bits per heavy atom. The van der Waals surface area contributed by atoms with Crippen LogP contribution in [-0.4, -0.2) is 29.7 Å². The summed E-state index contributed by atoms with van der Waals surface area (Å²) in [5, 5.41) is 12.7. The summed E-state index contributed by atoms with van der Waals surface area (Å²) < 4.78 is 5.30. The summed E-state index contributed by atoms with van der Waals surface area (Å²) in [6.07, 6.45) is 0.0762. The van der Waals surface area contributed by atoms with Crippen molar-refractivity contribution < 1.29 is 14.6 Å². The zero-order valence-corrected chi connectivity index (χ0v) is 10.9. The quantitative estimate of drug-likeness (QED) is 0.864. The van der Waals surface area contributed by atoms with Crippen LogP contribution < -0.4 is 10.1 Å². The Hall–Kier alpha value is -2.30. The van der Waals surface area contributed by atoms with Gasteiger partial charge in [0.2, 0.25) is 0 Å². The molecular weight excluding hydrogens is 244 g/mol. The standard InChI is InChI=1S/C14H16N2O3/c1-9-8-11(15-7-6-13(17)18)10-4-3-5-12(19-2)14(10)16-9/h3-5,8H,6-7H2,1-2H3,(H,15,16)(H,17,18). The van der Waals surface area contributed by atoms with Crippen molar-refractivity contribution in [2.45, 2.75) is 13.3 Å². The van der Waals surface area contributed by atoms with E-state index < -0.39 is 5.97 Å². The lowest BCUT2D eigenvalue weighted by Crippen LogP contribution is -2.08. The Morgan fingerprint density at radius 1 is 1.47 bits per heavy atom. The molecular formula is C14H16N2O3. The Labute approximate surface area is 111 Å². The van der Waals surface area contributed by atoms with Crippen LogP contribution in [-0.2, 0) is 4.79 Å². The van der Waals surface area contributed by atoms with E-state index in [0.717, 1.165) is 22.3 Å². The maximum absolute atomic E-state index is 10.5. The van der Waals surface area contributed by atoms with Gasteiger partial charge in [-0.15, -0.1) is 0 Å². The average Bonchev–Trinajstić information content (AvgIpc) is 2.37. The normalized spacial score (nSPS) is 10.4. The molecule has 0 atom stereocenters. The molecule has 5 heteroatoms. The smallest absolute Gasteiger partial charge is 0.305 e. The summed E-state index contributed by atoms with van der Waals surface area (Å²) in [5.41, 5.74) is 2.51. The van der Waals surface area contributed by atoms with Crippen molar-refractivity contribution in [3.63, 3.8) is 0 Å². The molecule has 2 rings (SSSR count). The van der Waals surface area contributed by atoms with E-state index in [1.807, 2.05) is 31.2 Å². The summed E-state index contributed by atoms with van der Waals surface area (Å²) in [5.74, 6) is -0.109. The molecule has 0 aliphatic carbocycles. The number of benzene rings is 1. The molecule has 0 aliphatic rings. The van der Waals surface area contributed by atoms with Gasteiger partial charge in [-0.2, -0.15) is 0 Å². The van der Waals surface area contributed by atoms with Crippen molar-refractivity contribution >= 4 is 22.6 Å². The van der Waals surface area contributed by atoms with Crippen LogP contribution in [0.4, 0.5) is 5.69 Å². The molecule has 0 amide bonds. The number of nitrogens with zero attached hydrogens (tertiary/aromatic N) is 1. The van der Waals surface area contributed by atoms with E-state index >= 15 is 0 Å². The van der Waals surface area contributed by atoms with E-state index in [1.165, 1.54) is 0 Å². The first-order valence-corrected chi connectivity index (χ1v) is 6.02. The maximum Gasteiger partial charge on any atom is 0.305 e. The predicted octanol–water partition coefficient (Wildman–Crippen LogP) is 2.44. The van der Waals surface area contributed by atoms with E-state index in [0.29, 0.717) is 12.3 Å². The van der Waals surface area contributed by atoms with Gasteiger partial charge in [0.15, 0.2) is 0 Å². The average molecular weight is 260 g/mol. The third kappa shape index (κ3) is 2.93. The molecule has 0 saturated carbocycles. The van der Waals surface area contributed by atoms with Gasteiger partial charge in [-0.1, -0.05) is 12.1 Å². The minimum absolute atomic E-state index is 0.0762. The van der Waals surface area contributed by atoms with Crippen LogP contribution in [0.3, 0.4) is 0 Å². The third-order valence-corrected chi connectivity index (χ3v) is 2.80. The first-order valence-electron chi connectivity index (χ1n) is 6.02. The number of aliphatic carboxylic acids is 1. The third-order valence-electron chi connectivity index (χ3n) is 2.80. The summed E-state index contributed by atoms with van der Waals surface area (Å²) in [6, 6.07) is 7.59. The number of nitrogens with one attached hydrogen (secondary N) is 1. The maximum atomic E-state index is 10.5. The molecule has 1 aromatic heterocycles. The van der Waals surface area contributed by atoms with E-state index in [-0.39, 0.29) is 6.42 Å². The summed E-state index contributed by atoms with van der Waals surface area (Å²) in [6.45, 7) is 2.28. The Kier molecular flexibility index (Phi) is 3.85. The number of aryl methyl sites for hydroxylation is 1. The molecule has 0 unspecified atom stereocenters.